The summed E-state index contributed by atoms with van der Waals surface area (Å²) >= 11 is 0. The Morgan fingerprint density at radius 3 is 2.40 bits per heavy atom. The van der Waals surface area contributed by atoms with E-state index < -0.39 is 29.5 Å². The number of halogens is 5. The van der Waals surface area contributed by atoms with E-state index in [9.17, 15) is 31.9 Å². The van der Waals surface area contributed by atoms with Crippen molar-refractivity contribution in [3.8, 4) is 0 Å². The number of nitrogens with zero attached hydrogens (tertiary/aromatic N) is 1. The van der Waals surface area contributed by atoms with Gasteiger partial charge in [0.2, 0.25) is 0 Å². The second-order valence-electron chi connectivity index (χ2n) is 4.18. The smallest absolute Gasteiger partial charge is 0.408 e. The molecular weight excluding hydrogens is 289 g/mol. The SMILES string of the molecule is Cn1c(=O)oc2cc(C(O)C(F)(F)C(F)(F)F)ccc21. The minimum Gasteiger partial charge on any atom is -0.408 e. The predicted molar refractivity (Wildman–Crippen MR) is 57.4 cm³/mol. The summed E-state index contributed by atoms with van der Waals surface area (Å²) < 4.78 is 68.2. The number of aliphatic hydroxyl groups excluding tert-OH is 1. The molecule has 0 amide bonds. The Hall–Kier alpha value is -1.90. The van der Waals surface area contributed by atoms with Gasteiger partial charge in [0.1, 0.15) is 0 Å². The molecule has 2 aromatic rings. The molecule has 4 nitrogen and oxygen atoms in total. The third-order valence-corrected chi connectivity index (χ3v) is 2.85. The summed E-state index contributed by atoms with van der Waals surface area (Å²) in [5.41, 5.74) is -0.678. The van der Waals surface area contributed by atoms with Crippen LogP contribution in [-0.4, -0.2) is 21.8 Å². The average molecular weight is 297 g/mol. The van der Waals surface area contributed by atoms with Crippen molar-refractivity contribution < 1.29 is 31.5 Å². The van der Waals surface area contributed by atoms with Crippen LogP contribution in [0.4, 0.5) is 22.0 Å². The van der Waals surface area contributed by atoms with E-state index in [1.165, 1.54) is 7.05 Å². The lowest BCUT2D eigenvalue weighted by molar-refractivity contribution is -0.315. The van der Waals surface area contributed by atoms with Crippen LogP contribution in [0.15, 0.2) is 27.4 Å². The number of hydrogen-bond donors (Lipinski definition) is 1. The van der Waals surface area contributed by atoms with Crippen LogP contribution in [0.2, 0.25) is 0 Å². The first-order valence-corrected chi connectivity index (χ1v) is 5.28. The Morgan fingerprint density at radius 2 is 1.85 bits per heavy atom. The van der Waals surface area contributed by atoms with E-state index in [0.717, 1.165) is 22.8 Å². The highest BCUT2D eigenvalue weighted by Gasteiger charge is 2.62. The molecule has 1 unspecified atom stereocenters. The normalized spacial score (nSPS) is 14.8. The summed E-state index contributed by atoms with van der Waals surface area (Å²) in [6, 6.07) is 2.77. The second-order valence-corrected chi connectivity index (χ2v) is 4.18. The van der Waals surface area contributed by atoms with Crippen LogP contribution in [0.1, 0.15) is 11.7 Å². The van der Waals surface area contributed by atoms with Gasteiger partial charge in [-0.3, -0.25) is 4.57 Å². The Balaban J connectivity index is 2.51. The van der Waals surface area contributed by atoms with Gasteiger partial charge in [-0.05, 0) is 17.7 Å². The molecule has 0 aliphatic heterocycles. The zero-order valence-electron chi connectivity index (χ0n) is 9.91. The zero-order valence-corrected chi connectivity index (χ0v) is 9.91. The lowest BCUT2D eigenvalue weighted by atomic mass is 10.0. The van der Waals surface area contributed by atoms with Gasteiger partial charge in [0, 0.05) is 7.05 Å². The van der Waals surface area contributed by atoms with Gasteiger partial charge in [0.15, 0.2) is 11.7 Å². The Morgan fingerprint density at radius 1 is 1.25 bits per heavy atom. The van der Waals surface area contributed by atoms with Crippen LogP contribution in [0.3, 0.4) is 0 Å². The monoisotopic (exact) mass is 297 g/mol. The Kier molecular flexibility index (Phi) is 3.12. The summed E-state index contributed by atoms with van der Waals surface area (Å²) in [7, 11) is 1.34. The van der Waals surface area contributed by atoms with Crippen molar-refractivity contribution in [2.24, 2.45) is 7.05 Å². The van der Waals surface area contributed by atoms with Crippen molar-refractivity contribution in [1.82, 2.24) is 4.57 Å². The number of hydrogen-bond acceptors (Lipinski definition) is 3. The van der Waals surface area contributed by atoms with E-state index in [4.69, 9.17) is 0 Å². The number of aryl methyl sites for hydroxylation is 1. The van der Waals surface area contributed by atoms with Crippen molar-refractivity contribution in [2.75, 3.05) is 0 Å². The molecule has 110 valence electrons. The van der Waals surface area contributed by atoms with Crippen molar-refractivity contribution >= 4 is 11.1 Å². The second kappa shape index (κ2) is 4.30. The lowest BCUT2D eigenvalue weighted by Gasteiger charge is -2.24. The molecule has 0 aliphatic carbocycles. The van der Waals surface area contributed by atoms with E-state index in [0.29, 0.717) is 0 Å². The summed E-state index contributed by atoms with van der Waals surface area (Å²) in [6.45, 7) is 0. The molecule has 1 aromatic carbocycles. The van der Waals surface area contributed by atoms with Gasteiger partial charge in [0.25, 0.3) is 0 Å². The Bertz CT molecular complexity index is 700. The zero-order chi connectivity index (χ0) is 15.3. The molecule has 0 radical (unpaired) electrons. The number of fused-ring (bicyclic) bond motifs is 1. The third-order valence-electron chi connectivity index (χ3n) is 2.85. The van der Waals surface area contributed by atoms with Gasteiger partial charge in [-0.2, -0.15) is 22.0 Å². The highest BCUT2D eigenvalue weighted by atomic mass is 19.4. The fourth-order valence-electron chi connectivity index (χ4n) is 1.68. The molecule has 1 heterocycles. The summed E-state index contributed by atoms with van der Waals surface area (Å²) in [5.74, 6) is -6.11. The van der Waals surface area contributed by atoms with Gasteiger partial charge in [-0.25, -0.2) is 4.79 Å². The number of aromatic nitrogens is 1. The maximum atomic E-state index is 13.0. The minimum atomic E-state index is -5.89. The Labute approximate surface area is 108 Å². The molecule has 0 spiro atoms. The number of benzene rings is 1. The number of aliphatic hydroxyl groups is 1. The first-order chi connectivity index (χ1) is 9.05. The van der Waals surface area contributed by atoms with Crippen LogP contribution in [0, 0.1) is 0 Å². The average Bonchev–Trinajstić information content (AvgIpc) is 2.62. The highest BCUT2D eigenvalue weighted by Crippen LogP contribution is 2.44. The van der Waals surface area contributed by atoms with Crippen LogP contribution < -0.4 is 5.76 Å². The van der Waals surface area contributed by atoms with Crippen LogP contribution >= 0.6 is 0 Å². The molecule has 9 heteroatoms. The van der Waals surface area contributed by atoms with Gasteiger partial charge >= 0.3 is 17.9 Å². The largest absolute Gasteiger partial charge is 0.456 e. The molecule has 1 N–H and O–H groups in total. The maximum Gasteiger partial charge on any atom is 0.456 e. The molecule has 2 rings (SSSR count). The van der Waals surface area contributed by atoms with E-state index in [-0.39, 0.29) is 11.1 Å². The van der Waals surface area contributed by atoms with E-state index in [1.807, 2.05) is 0 Å². The van der Waals surface area contributed by atoms with Crippen LogP contribution in [0.5, 0.6) is 0 Å². The highest BCUT2D eigenvalue weighted by molar-refractivity contribution is 5.73. The van der Waals surface area contributed by atoms with Crippen molar-refractivity contribution in [2.45, 2.75) is 18.2 Å². The first-order valence-electron chi connectivity index (χ1n) is 5.28. The van der Waals surface area contributed by atoms with Gasteiger partial charge in [-0.1, -0.05) is 6.07 Å². The van der Waals surface area contributed by atoms with Gasteiger partial charge in [-0.15, -0.1) is 0 Å². The van der Waals surface area contributed by atoms with Gasteiger partial charge < -0.3 is 9.52 Å². The quantitative estimate of drug-likeness (QED) is 0.866. The first kappa shape index (κ1) is 14.5. The van der Waals surface area contributed by atoms with Crippen LogP contribution in [-0.2, 0) is 7.05 Å². The lowest BCUT2D eigenvalue weighted by Crippen LogP contribution is -2.42. The standard InChI is InChI=1S/C11H8F5NO3/c1-17-6-3-2-5(4-7(6)20-9(17)19)8(18)10(12,13)11(14,15)16/h2-4,8,18H,1H3. The molecule has 20 heavy (non-hydrogen) atoms. The number of alkyl halides is 5. The van der Waals surface area contributed by atoms with E-state index in [2.05, 4.69) is 4.42 Å². The maximum absolute atomic E-state index is 13.0. The molecule has 0 bridgehead atoms. The molecule has 0 fully saturated rings. The fourth-order valence-corrected chi connectivity index (χ4v) is 1.68. The third kappa shape index (κ3) is 2.07. The summed E-state index contributed by atoms with van der Waals surface area (Å²) in [6.07, 6.45) is -8.98. The molecule has 1 aromatic heterocycles. The molecule has 0 aliphatic rings. The number of oxazole rings is 1. The van der Waals surface area contributed by atoms with E-state index >= 15 is 0 Å². The summed E-state index contributed by atoms with van der Waals surface area (Å²) in [5, 5.41) is 9.22. The van der Waals surface area contributed by atoms with Gasteiger partial charge in [0.05, 0.1) is 5.52 Å². The van der Waals surface area contributed by atoms with E-state index in [1.54, 1.807) is 0 Å². The van der Waals surface area contributed by atoms with Crippen molar-refractivity contribution in [1.29, 1.82) is 0 Å². The molecular formula is C11H8F5NO3. The molecule has 0 saturated carbocycles. The fraction of sp³-hybridized carbons (Fsp3) is 0.364. The predicted octanol–water partition coefficient (Wildman–Crippen LogP) is 2.36. The minimum absolute atomic E-state index is 0.188. The molecule has 0 saturated heterocycles. The number of rotatable bonds is 2. The summed E-state index contributed by atoms with van der Waals surface area (Å²) in [4.78, 5) is 11.2. The molecule has 1 atom stereocenters. The van der Waals surface area contributed by atoms with Crippen LogP contribution in [0.25, 0.3) is 11.1 Å². The van der Waals surface area contributed by atoms with Crippen molar-refractivity contribution in [3.63, 3.8) is 0 Å². The topological polar surface area (TPSA) is 55.4 Å². The van der Waals surface area contributed by atoms with Crippen molar-refractivity contribution in [3.05, 3.63) is 34.3 Å².